The molecule has 6 nitrogen and oxygen atoms in total. The van der Waals surface area contributed by atoms with Crippen LogP contribution in [-0.4, -0.2) is 73.0 Å². The fourth-order valence-corrected chi connectivity index (χ4v) is 3.56. The summed E-state index contributed by atoms with van der Waals surface area (Å²) >= 11 is 0. The number of halogens is 1. The van der Waals surface area contributed by atoms with Gasteiger partial charge in [-0.1, -0.05) is 13.8 Å². The maximum atomic E-state index is 12.7. The van der Waals surface area contributed by atoms with E-state index in [1.165, 1.54) is 0 Å². The molecular formula is C17H33ClN4O2. The minimum absolute atomic E-state index is 0. The molecule has 2 N–H and O–H groups in total. The van der Waals surface area contributed by atoms with Crippen LogP contribution in [0.5, 0.6) is 0 Å². The third-order valence-electron chi connectivity index (χ3n) is 5.01. The minimum Gasteiger partial charge on any atom is -0.345 e. The van der Waals surface area contributed by atoms with Gasteiger partial charge < -0.3 is 20.4 Å². The van der Waals surface area contributed by atoms with E-state index in [9.17, 15) is 9.59 Å². The fraction of sp³-hybridized carbons (Fsp3) is 0.882. The van der Waals surface area contributed by atoms with Crippen molar-refractivity contribution < 1.29 is 9.59 Å². The van der Waals surface area contributed by atoms with E-state index in [0.717, 1.165) is 45.3 Å². The standard InChI is InChI=1S/C17H32N4O2.ClH/c1-17(2,12-18)13-19(3)15(22)14-7-6-10-21(11-14)16(23)20-8-4-5-9-20;/h14H,4-13,18H2,1-3H3;1H. The van der Waals surface area contributed by atoms with Gasteiger partial charge in [-0.2, -0.15) is 0 Å². The second-order valence-corrected chi connectivity index (χ2v) is 7.82. The van der Waals surface area contributed by atoms with Gasteiger partial charge in [-0.15, -0.1) is 12.4 Å². The number of amides is 3. The normalized spacial score (nSPS) is 21.4. The highest BCUT2D eigenvalue weighted by molar-refractivity contribution is 5.85. The van der Waals surface area contributed by atoms with E-state index >= 15 is 0 Å². The van der Waals surface area contributed by atoms with Crippen LogP contribution in [0.15, 0.2) is 0 Å². The van der Waals surface area contributed by atoms with Gasteiger partial charge in [-0.05, 0) is 37.6 Å². The van der Waals surface area contributed by atoms with E-state index in [4.69, 9.17) is 5.73 Å². The number of rotatable bonds is 4. The first-order chi connectivity index (χ1) is 10.8. The first-order valence-electron chi connectivity index (χ1n) is 8.83. The molecule has 1 atom stereocenters. The summed E-state index contributed by atoms with van der Waals surface area (Å²) in [5, 5.41) is 0. The Balaban J connectivity index is 0.00000288. The van der Waals surface area contributed by atoms with Crippen LogP contribution in [0.3, 0.4) is 0 Å². The quantitative estimate of drug-likeness (QED) is 0.830. The van der Waals surface area contributed by atoms with Crippen molar-refractivity contribution in [2.45, 2.75) is 39.5 Å². The Morgan fingerprint density at radius 1 is 1.12 bits per heavy atom. The summed E-state index contributed by atoms with van der Waals surface area (Å²) in [7, 11) is 1.85. The molecule has 2 fully saturated rings. The molecule has 0 radical (unpaired) electrons. The Labute approximate surface area is 152 Å². The molecule has 2 aliphatic rings. The first kappa shape index (κ1) is 21.0. The van der Waals surface area contributed by atoms with Gasteiger partial charge in [0.15, 0.2) is 0 Å². The van der Waals surface area contributed by atoms with Crippen LogP contribution in [0.1, 0.15) is 39.5 Å². The molecule has 0 aromatic heterocycles. The van der Waals surface area contributed by atoms with E-state index in [0.29, 0.717) is 19.6 Å². The summed E-state index contributed by atoms with van der Waals surface area (Å²) in [6.45, 7) is 8.39. The molecule has 0 aromatic carbocycles. The van der Waals surface area contributed by atoms with Gasteiger partial charge in [0.1, 0.15) is 0 Å². The highest BCUT2D eigenvalue weighted by Gasteiger charge is 2.33. The second-order valence-electron chi connectivity index (χ2n) is 7.82. The van der Waals surface area contributed by atoms with Crippen molar-refractivity contribution in [2.24, 2.45) is 17.1 Å². The summed E-state index contributed by atoms with van der Waals surface area (Å²) in [4.78, 5) is 30.8. The van der Waals surface area contributed by atoms with Crippen molar-refractivity contribution in [3.05, 3.63) is 0 Å². The number of hydrogen-bond donors (Lipinski definition) is 1. The number of piperidine rings is 1. The Hall–Kier alpha value is -1.01. The molecule has 3 amide bonds. The average Bonchev–Trinajstić information content (AvgIpc) is 3.07. The van der Waals surface area contributed by atoms with Crippen molar-refractivity contribution in [3.63, 3.8) is 0 Å². The molecule has 2 aliphatic heterocycles. The zero-order valence-corrected chi connectivity index (χ0v) is 16.1. The molecule has 2 rings (SSSR count). The van der Waals surface area contributed by atoms with E-state index in [-0.39, 0.29) is 35.7 Å². The highest BCUT2D eigenvalue weighted by Crippen LogP contribution is 2.23. The van der Waals surface area contributed by atoms with Crippen molar-refractivity contribution in [1.29, 1.82) is 0 Å². The molecule has 0 aliphatic carbocycles. The van der Waals surface area contributed by atoms with Crippen molar-refractivity contribution in [2.75, 3.05) is 46.3 Å². The predicted octanol–water partition coefficient (Wildman–Crippen LogP) is 1.78. The monoisotopic (exact) mass is 360 g/mol. The number of urea groups is 1. The third-order valence-corrected chi connectivity index (χ3v) is 5.01. The average molecular weight is 361 g/mol. The second kappa shape index (κ2) is 8.90. The van der Waals surface area contributed by atoms with Gasteiger partial charge in [0, 0.05) is 39.8 Å². The van der Waals surface area contributed by atoms with Crippen LogP contribution < -0.4 is 5.73 Å². The molecule has 7 heteroatoms. The molecule has 0 bridgehead atoms. The summed E-state index contributed by atoms with van der Waals surface area (Å²) in [6.07, 6.45) is 3.97. The molecule has 2 saturated heterocycles. The van der Waals surface area contributed by atoms with Gasteiger partial charge in [-0.3, -0.25) is 4.79 Å². The Kier molecular flexibility index (Phi) is 7.80. The van der Waals surface area contributed by atoms with Gasteiger partial charge in [-0.25, -0.2) is 4.79 Å². The molecule has 140 valence electrons. The molecule has 0 saturated carbocycles. The molecular weight excluding hydrogens is 328 g/mol. The minimum atomic E-state index is -0.0792. The lowest BCUT2D eigenvalue weighted by Crippen LogP contribution is -2.51. The molecule has 0 spiro atoms. The van der Waals surface area contributed by atoms with Crippen molar-refractivity contribution in [1.82, 2.24) is 14.7 Å². The van der Waals surface area contributed by atoms with Gasteiger partial charge in [0.2, 0.25) is 5.91 Å². The number of nitrogens with two attached hydrogens (primary N) is 1. The lowest BCUT2D eigenvalue weighted by atomic mass is 9.91. The van der Waals surface area contributed by atoms with Gasteiger partial charge in [0.05, 0.1) is 5.92 Å². The summed E-state index contributed by atoms with van der Waals surface area (Å²) < 4.78 is 0. The first-order valence-corrected chi connectivity index (χ1v) is 8.83. The fourth-order valence-electron chi connectivity index (χ4n) is 3.56. The van der Waals surface area contributed by atoms with Crippen LogP contribution in [0.25, 0.3) is 0 Å². The molecule has 0 aromatic rings. The van der Waals surface area contributed by atoms with Crippen molar-refractivity contribution >= 4 is 24.3 Å². The molecule has 24 heavy (non-hydrogen) atoms. The van der Waals surface area contributed by atoms with E-state index < -0.39 is 0 Å². The third kappa shape index (κ3) is 5.24. The zero-order valence-electron chi connectivity index (χ0n) is 15.3. The zero-order chi connectivity index (χ0) is 17.0. The largest absolute Gasteiger partial charge is 0.345 e. The summed E-state index contributed by atoms with van der Waals surface area (Å²) in [6, 6.07) is 0.116. The lowest BCUT2D eigenvalue weighted by Gasteiger charge is -2.37. The van der Waals surface area contributed by atoms with E-state index in [1.807, 2.05) is 16.8 Å². The summed E-state index contributed by atoms with van der Waals surface area (Å²) in [5.41, 5.74) is 5.69. The van der Waals surface area contributed by atoms with E-state index in [1.54, 1.807) is 4.90 Å². The van der Waals surface area contributed by atoms with Gasteiger partial charge in [0.25, 0.3) is 0 Å². The van der Waals surface area contributed by atoms with Crippen LogP contribution >= 0.6 is 12.4 Å². The summed E-state index contributed by atoms with van der Waals surface area (Å²) in [5.74, 6) is 0.0688. The maximum absolute atomic E-state index is 12.7. The lowest BCUT2D eigenvalue weighted by molar-refractivity contribution is -0.136. The highest BCUT2D eigenvalue weighted by atomic mass is 35.5. The molecule has 2 heterocycles. The van der Waals surface area contributed by atoms with Crippen LogP contribution in [0.4, 0.5) is 4.79 Å². The number of likely N-dealkylation sites (tertiary alicyclic amines) is 2. The number of nitrogens with zero attached hydrogens (tertiary/aromatic N) is 3. The SMILES string of the molecule is CN(CC(C)(C)CN)C(=O)C1CCCN(C(=O)N2CCCC2)C1.Cl. The van der Waals surface area contributed by atoms with Crippen LogP contribution in [-0.2, 0) is 4.79 Å². The Morgan fingerprint density at radius 3 is 2.29 bits per heavy atom. The van der Waals surface area contributed by atoms with Crippen LogP contribution in [0, 0.1) is 11.3 Å². The Bertz CT molecular complexity index is 438. The van der Waals surface area contributed by atoms with Gasteiger partial charge >= 0.3 is 6.03 Å². The van der Waals surface area contributed by atoms with E-state index in [2.05, 4.69) is 13.8 Å². The number of carbonyl (C=O) groups is 2. The predicted molar refractivity (Wildman–Crippen MR) is 98.2 cm³/mol. The van der Waals surface area contributed by atoms with Crippen LogP contribution in [0.2, 0.25) is 0 Å². The smallest absolute Gasteiger partial charge is 0.320 e. The van der Waals surface area contributed by atoms with Crippen molar-refractivity contribution in [3.8, 4) is 0 Å². The number of carbonyl (C=O) groups excluding carboxylic acids is 2. The number of hydrogen-bond acceptors (Lipinski definition) is 3. The topological polar surface area (TPSA) is 69.9 Å². The molecule has 1 unspecified atom stereocenters. The Morgan fingerprint density at radius 2 is 1.71 bits per heavy atom. The maximum Gasteiger partial charge on any atom is 0.320 e.